The number of hydrogen-bond donors (Lipinski definition) is 0. The number of benzene rings is 1. The molecule has 6 nitrogen and oxygen atoms in total. The summed E-state index contributed by atoms with van der Waals surface area (Å²) in [5.74, 6) is 1.44. The van der Waals surface area contributed by atoms with Crippen molar-refractivity contribution < 1.29 is 23.7 Å². The molecule has 1 aromatic heterocycles. The van der Waals surface area contributed by atoms with Gasteiger partial charge in [-0.1, -0.05) is 29.3 Å². The predicted molar refractivity (Wildman–Crippen MR) is 98.5 cm³/mol. The third-order valence-corrected chi connectivity index (χ3v) is 3.83. The highest BCUT2D eigenvalue weighted by molar-refractivity contribution is 6.35. The molecular formula is C18H19Cl2NO5. The van der Waals surface area contributed by atoms with Crippen molar-refractivity contribution in [1.82, 2.24) is 4.98 Å². The summed E-state index contributed by atoms with van der Waals surface area (Å²) >= 11 is 12.0. The summed E-state index contributed by atoms with van der Waals surface area (Å²) in [5.41, 5.74) is 0.909. The Balaban J connectivity index is 2.18. The largest absolute Gasteiger partial charge is 0.491 e. The van der Waals surface area contributed by atoms with Crippen LogP contribution in [0.25, 0.3) is 0 Å². The molecule has 0 amide bonds. The fourth-order valence-corrected chi connectivity index (χ4v) is 2.56. The van der Waals surface area contributed by atoms with Gasteiger partial charge in [-0.2, -0.15) is 0 Å². The molecule has 0 saturated heterocycles. The van der Waals surface area contributed by atoms with Crippen molar-refractivity contribution in [2.75, 3.05) is 26.9 Å². The highest BCUT2D eigenvalue weighted by Gasteiger charge is 2.11. The van der Waals surface area contributed by atoms with Gasteiger partial charge in [0.2, 0.25) is 5.88 Å². The molecule has 0 atom stereocenters. The van der Waals surface area contributed by atoms with Crippen molar-refractivity contribution in [1.29, 1.82) is 0 Å². The first-order valence-electron chi connectivity index (χ1n) is 7.93. The molecule has 0 saturated carbocycles. The van der Waals surface area contributed by atoms with Crippen LogP contribution in [0.4, 0.5) is 0 Å². The van der Waals surface area contributed by atoms with Gasteiger partial charge in [0.1, 0.15) is 23.1 Å². The molecule has 0 unspecified atom stereocenters. The Morgan fingerprint density at radius 2 is 2.00 bits per heavy atom. The van der Waals surface area contributed by atoms with Crippen molar-refractivity contribution >= 4 is 29.7 Å². The molecule has 8 heteroatoms. The number of nitrogens with zero attached hydrogens (tertiary/aromatic N) is 1. The third-order valence-electron chi connectivity index (χ3n) is 3.35. The molecular weight excluding hydrogens is 381 g/mol. The van der Waals surface area contributed by atoms with Gasteiger partial charge >= 0.3 is 0 Å². The number of aromatic nitrogens is 1. The van der Waals surface area contributed by atoms with E-state index in [-0.39, 0.29) is 5.88 Å². The van der Waals surface area contributed by atoms with Crippen LogP contribution in [0.1, 0.15) is 12.0 Å². The Labute approximate surface area is 161 Å². The van der Waals surface area contributed by atoms with Gasteiger partial charge in [-0.05, 0) is 30.5 Å². The number of ether oxygens (including phenoxy) is 4. The SMILES string of the molecule is COCCOc1ccc(CCCOC=O)c(Oc2ncc(Cl)cc2Cl)c1. The molecule has 2 rings (SSSR count). The van der Waals surface area contributed by atoms with Crippen LogP contribution < -0.4 is 9.47 Å². The van der Waals surface area contributed by atoms with Crippen LogP contribution in [0, 0.1) is 0 Å². The van der Waals surface area contributed by atoms with Crippen molar-refractivity contribution in [2.24, 2.45) is 0 Å². The van der Waals surface area contributed by atoms with Gasteiger partial charge in [-0.25, -0.2) is 4.98 Å². The van der Waals surface area contributed by atoms with Crippen LogP contribution in [-0.4, -0.2) is 38.4 Å². The Morgan fingerprint density at radius 3 is 2.73 bits per heavy atom. The quantitative estimate of drug-likeness (QED) is 0.414. The minimum Gasteiger partial charge on any atom is -0.491 e. The van der Waals surface area contributed by atoms with E-state index in [1.54, 1.807) is 19.2 Å². The lowest BCUT2D eigenvalue weighted by atomic mass is 10.1. The van der Waals surface area contributed by atoms with E-state index in [2.05, 4.69) is 4.98 Å². The van der Waals surface area contributed by atoms with Crippen LogP contribution >= 0.6 is 23.2 Å². The molecule has 0 radical (unpaired) electrons. The summed E-state index contributed by atoms with van der Waals surface area (Å²) in [4.78, 5) is 14.4. The molecule has 0 bridgehead atoms. The number of carbonyl (C=O) groups excluding carboxylic acids is 1. The summed E-state index contributed by atoms with van der Waals surface area (Å²) in [7, 11) is 1.61. The van der Waals surface area contributed by atoms with Crippen molar-refractivity contribution in [3.63, 3.8) is 0 Å². The van der Waals surface area contributed by atoms with Gasteiger partial charge < -0.3 is 18.9 Å². The Hall–Kier alpha value is -2.02. The lowest BCUT2D eigenvalue weighted by Crippen LogP contribution is -2.05. The van der Waals surface area contributed by atoms with Gasteiger partial charge in [0.15, 0.2) is 0 Å². The van der Waals surface area contributed by atoms with Crippen molar-refractivity contribution in [3.8, 4) is 17.4 Å². The molecule has 2 aromatic rings. The first-order chi connectivity index (χ1) is 12.6. The number of methoxy groups -OCH3 is 1. The Kier molecular flexibility index (Phi) is 8.47. The summed E-state index contributed by atoms with van der Waals surface area (Å²) in [6, 6.07) is 7.05. The van der Waals surface area contributed by atoms with E-state index in [1.807, 2.05) is 12.1 Å². The highest BCUT2D eigenvalue weighted by Crippen LogP contribution is 2.33. The van der Waals surface area contributed by atoms with Crippen LogP contribution in [0.5, 0.6) is 17.4 Å². The van der Waals surface area contributed by atoms with Crippen molar-refractivity contribution in [3.05, 3.63) is 46.1 Å². The standard InChI is InChI=1S/C18H19Cl2NO5/c1-23-7-8-25-15-5-4-13(3-2-6-24-12-22)17(10-15)26-18-16(20)9-14(19)11-21-18/h4-5,9-12H,2-3,6-8H2,1H3. The van der Waals surface area contributed by atoms with Gasteiger partial charge in [0.25, 0.3) is 6.47 Å². The summed E-state index contributed by atoms with van der Waals surface area (Å²) < 4.78 is 21.2. The summed E-state index contributed by atoms with van der Waals surface area (Å²) in [6.45, 7) is 1.66. The fourth-order valence-electron chi connectivity index (χ4n) is 2.14. The van der Waals surface area contributed by atoms with Gasteiger partial charge in [-0.3, -0.25) is 4.79 Å². The number of aryl methyl sites for hydroxylation is 1. The second-order valence-corrected chi connectivity index (χ2v) is 6.07. The van der Waals surface area contributed by atoms with Crippen molar-refractivity contribution in [2.45, 2.75) is 12.8 Å². The number of hydrogen-bond acceptors (Lipinski definition) is 6. The number of carbonyl (C=O) groups is 1. The highest BCUT2D eigenvalue weighted by atomic mass is 35.5. The van der Waals surface area contributed by atoms with E-state index < -0.39 is 0 Å². The lowest BCUT2D eigenvalue weighted by Gasteiger charge is -2.14. The second-order valence-electron chi connectivity index (χ2n) is 5.22. The average Bonchev–Trinajstić information content (AvgIpc) is 2.63. The smallest absolute Gasteiger partial charge is 0.293 e. The zero-order valence-corrected chi connectivity index (χ0v) is 15.8. The normalized spacial score (nSPS) is 10.4. The molecule has 0 aliphatic rings. The zero-order chi connectivity index (χ0) is 18.8. The molecule has 140 valence electrons. The van der Waals surface area contributed by atoms with Crippen LogP contribution in [0.15, 0.2) is 30.5 Å². The average molecular weight is 400 g/mol. The maximum absolute atomic E-state index is 10.3. The topological polar surface area (TPSA) is 66.9 Å². The minimum absolute atomic E-state index is 0.246. The third kappa shape index (κ3) is 6.37. The van der Waals surface area contributed by atoms with Gasteiger partial charge in [0, 0.05) is 19.4 Å². The zero-order valence-electron chi connectivity index (χ0n) is 14.2. The molecule has 0 fully saturated rings. The van der Waals surface area contributed by atoms with Crippen LogP contribution in [-0.2, 0) is 20.7 Å². The maximum atomic E-state index is 10.3. The molecule has 26 heavy (non-hydrogen) atoms. The number of pyridine rings is 1. The van der Waals surface area contributed by atoms with E-state index in [9.17, 15) is 4.79 Å². The van der Waals surface area contributed by atoms with Crippen LogP contribution in [0.2, 0.25) is 10.0 Å². The van der Waals surface area contributed by atoms with E-state index in [0.29, 0.717) is 60.7 Å². The molecule has 0 N–H and O–H groups in total. The molecule has 1 aromatic carbocycles. The first kappa shape index (κ1) is 20.3. The number of rotatable bonds is 11. The molecule has 1 heterocycles. The minimum atomic E-state index is 0.246. The predicted octanol–water partition coefficient (Wildman–Crippen LogP) is 4.31. The van der Waals surface area contributed by atoms with Crippen LogP contribution in [0.3, 0.4) is 0 Å². The lowest BCUT2D eigenvalue weighted by molar-refractivity contribution is -0.128. The summed E-state index contributed by atoms with van der Waals surface area (Å²) in [5, 5.41) is 0.726. The fraction of sp³-hybridized carbons (Fsp3) is 0.333. The van der Waals surface area contributed by atoms with E-state index in [0.717, 1.165) is 5.56 Å². The van der Waals surface area contributed by atoms with E-state index in [4.69, 9.17) is 42.1 Å². The second kappa shape index (κ2) is 10.9. The monoisotopic (exact) mass is 399 g/mol. The number of halogens is 2. The Morgan fingerprint density at radius 1 is 1.15 bits per heavy atom. The van der Waals surface area contributed by atoms with Gasteiger partial charge in [0.05, 0.1) is 18.2 Å². The summed E-state index contributed by atoms with van der Waals surface area (Å²) in [6.07, 6.45) is 2.76. The van der Waals surface area contributed by atoms with E-state index in [1.165, 1.54) is 6.20 Å². The molecule has 0 aliphatic heterocycles. The molecule has 0 spiro atoms. The maximum Gasteiger partial charge on any atom is 0.293 e. The van der Waals surface area contributed by atoms with E-state index >= 15 is 0 Å². The Bertz CT molecular complexity index is 727. The van der Waals surface area contributed by atoms with Gasteiger partial charge in [-0.15, -0.1) is 0 Å². The molecule has 0 aliphatic carbocycles. The first-order valence-corrected chi connectivity index (χ1v) is 8.68.